The van der Waals surface area contributed by atoms with Gasteiger partial charge in [0.1, 0.15) is 17.3 Å². The molecule has 1 amide bonds. The van der Waals surface area contributed by atoms with E-state index in [0.29, 0.717) is 17.9 Å². The van der Waals surface area contributed by atoms with Gasteiger partial charge in [0, 0.05) is 15.6 Å². The van der Waals surface area contributed by atoms with Crippen molar-refractivity contribution in [2.24, 2.45) is 5.10 Å². The summed E-state index contributed by atoms with van der Waals surface area (Å²) in [5, 5.41) is 4.01. The lowest BCUT2D eigenvalue weighted by Crippen LogP contribution is -2.17. The summed E-state index contributed by atoms with van der Waals surface area (Å²) >= 11 is 3.42. The molecular weight excluding hydrogens is 492 g/mol. The Hall–Kier alpha value is -2.86. The van der Waals surface area contributed by atoms with E-state index in [-0.39, 0.29) is 5.91 Å². The van der Waals surface area contributed by atoms with Gasteiger partial charge in [0.2, 0.25) is 0 Å². The molecule has 0 radical (unpaired) electrons. The molecule has 3 rings (SSSR count). The van der Waals surface area contributed by atoms with Crippen LogP contribution in [-0.4, -0.2) is 18.7 Å². The maximum absolute atomic E-state index is 12.3. The molecule has 2 aromatic carbocycles. The third-order valence-corrected chi connectivity index (χ3v) is 6.03. The minimum atomic E-state index is -0.287. The van der Waals surface area contributed by atoms with E-state index in [9.17, 15) is 4.79 Å². The molecule has 5 nitrogen and oxygen atoms in total. The summed E-state index contributed by atoms with van der Waals surface area (Å²) in [6, 6.07) is 18.7. The highest BCUT2D eigenvalue weighted by molar-refractivity contribution is 9.10. The topological polar surface area (TPSA) is 63.8 Å². The zero-order valence-electron chi connectivity index (χ0n) is 19.8. The first kappa shape index (κ1) is 25.8. The Morgan fingerprint density at radius 1 is 0.912 bits per heavy atom. The zero-order chi connectivity index (χ0) is 24.0. The summed E-state index contributed by atoms with van der Waals surface area (Å²) in [4.78, 5) is 12.3. The van der Waals surface area contributed by atoms with Gasteiger partial charge >= 0.3 is 0 Å². The SMILES string of the molecule is CCCCCCCCCCOc1ccc(C(=O)N/N=C\c2ccc(-c3ccc(Br)cc3)o2)cc1. The number of hydrazone groups is 1. The fourth-order valence-electron chi connectivity index (χ4n) is 3.54. The fraction of sp³-hybridized carbons (Fsp3) is 0.357. The van der Waals surface area contributed by atoms with Crippen LogP contribution in [0, 0.1) is 0 Å². The van der Waals surface area contributed by atoms with Crippen LogP contribution < -0.4 is 10.2 Å². The zero-order valence-corrected chi connectivity index (χ0v) is 21.4. The van der Waals surface area contributed by atoms with Gasteiger partial charge in [-0.15, -0.1) is 0 Å². The van der Waals surface area contributed by atoms with Crippen LogP contribution >= 0.6 is 15.9 Å². The lowest BCUT2D eigenvalue weighted by molar-refractivity contribution is 0.0955. The second-order valence-electron chi connectivity index (χ2n) is 8.26. The van der Waals surface area contributed by atoms with Gasteiger partial charge in [-0.1, -0.05) is 79.9 Å². The standard InChI is InChI=1S/C28H33BrN2O3/c1-2-3-4-5-6-7-8-9-20-33-25-16-12-23(13-17-25)28(32)31-30-21-26-18-19-27(34-26)22-10-14-24(29)15-11-22/h10-19,21H,2-9,20H2,1H3,(H,31,32)/b30-21-. The number of hydrogen-bond donors (Lipinski definition) is 1. The van der Waals surface area contributed by atoms with Gasteiger partial charge in [-0.25, -0.2) is 5.43 Å². The van der Waals surface area contributed by atoms with Crippen molar-refractivity contribution in [1.29, 1.82) is 0 Å². The van der Waals surface area contributed by atoms with Gasteiger partial charge in [0.05, 0.1) is 12.8 Å². The number of nitrogens with one attached hydrogen (secondary N) is 1. The summed E-state index contributed by atoms with van der Waals surface area (Å²) in [5.41, 5.74) is 4.02. The normalized spacial score (nSPS) is 11.1. The molecule has 0 bridgehead atoms. The molecule has 1 aromatic heterocycles. The van der Waals surface area contributed by atoms with E-state index in [2.05, 4.69) is 33.4 Å². The fourth-order valence-corrected chi connectivity index (χ4v) is 3.80. The number of carbonyl (C=O) groups excluding carboxylic acids is 1. The van der Waals surface area contributed by atoms with E-state index < -0.39 is 0 Å². The molecule has 0 atom stereocenters. The molecular formula is C28H33BrN2O3. The van der Waals surface area contributed by atoms with Gasteiger partial charge < -0.3 is 9.15 Å². The van der Waals surface area contributed by atoms with Gasteiger partial charge in [0.25, 0.3) is 5.91 Å². The predicted molar refractivity (Wildman–Crippen MR) is 141 cm³/mol. The number of ether oxygens (including phenoxy) is 1. The first-order valence-electron chi connectivity index (χ1n) is 12.1. The van der Waals surface area contributed by atoms with Crippen molar-refractivity contribution in [1.82, 2.24) is 5.43 Å². The number of nitrogens with zero attached hydrogens (tertiary/aromatic N) is 1. The quantitative estimate of drug-likeness (QED) is 0.132. The van der Waals surface area contributed by atoms with Crippen molar-refractivity contribution < 1.29 is 13.9 Å². The van der Waals surface area contributed by atoms with Crippen LogP contribution in [0.4, 0.5) is 0 Å². The highest BCUT2D eigenvalue weighted by Crippen LogP contribution is 2.23. The number of rotatable bonds is 14. The predicted octanol–water partition coefficient (Wildman–Crippen LogP) is 7.99. The molecule has 0 spiro atoms. The Morgan fingerprint density at radius 2 is 1.59 bits per heavy atom. The minimum absolute atomic E-state index is 0.287. The van der Waals surface area contributed by atoms with Crippen LogP contribution in [0.1, 0.15) is 74.4 Å². The van der Waals surface area contributed by atoms with Gasteiger partial charge in [-0.2, -0.15) is 5.10 Å². The third kappa shape index (κ3) is 8.82. The smallest absolute Gasteiger partial charge is 0.271 e. The average Bonchev–Trinajstić information content (AvgIpc) is 3.32. The summed E-state index contributed by atoms with van der Waals surface area (Å²) in [6.07, 6.45) is 11.7. The molecule has 180 valence electrons. The Morgan fingerprint density at radius 3 is 2.29 bits per heavy atom. The van der Waals surface area contributed by atoms with E-state index in [4.69, 9.17) is 9.15 Å². The molecule has 0 fully saturated rings. The molecule has 1 heterocycles. The van der Waals surface area contributed by atoms with Gasteiger partial charge in [-0.05, 0) is 55.0 Å². The summed E-state index contributed by atoms with van der Waals surface area (Å²) in [6.45, 7) is 2.95. The van der Waals surface area contributed by atoms with E-state index in [1.54, 1.807) is 12.1 Å². The van der Waals surface area contributed by atoms with E-state index in [0.717, 1.165) is 28.0 Å². The second-order valence-corrected chi connectivity index (χ2v) is 9.17. The number of hydrogen-bond acceptors (Lipinski definition) is 4. The van der Waals surface area contributed by atoms with Crippen LogP contribution in [0.3, 0.4) is 0 Å². The van der Waals surface area contributed by atoms with Crippen LogP contribution in [-0.2, 0) is 0 Å². The first-order chi connectivity index (χ1) is 16.7. The lowest BCUT2D eigenvalue weighted by Gasteiger charge is -2.07. The number of amides is 1. The van der Waals surface area contributed by atoms with Crippen LogP contribution in [0.25, 0.3) is 11.3 Å². The maximum Gasteiger partial charge on any atom is 0.271 e. The molecule has 3 aromatic rings. The van der Waals surface area contributed by atoms with Crippen molar-refractivity contribution in [2.45, 2.75) is 58.3 Å². The van der Waals surface area contributed by atoms with Crippen molar-refractivity contribution in [3.8, 4) is 17.1 Å². The van der Waals surface area contributed by atoms with E-state index in [1.807, 2.05) is 48.5 Å². The number of carbonyl (C=O) groups is 1. The minimum Gasteiger partial charge on any atom is -0.494 e. The van der Waals surface area contributed by atoms with E-state index >= 15 is 0 Å². The van der Waals surface area contributed by atoms with Crippen molar-refractivity contribution in [3.05, 3.63) is 76.5 Å². The highest BCUT2D eigenvalue weighted by atomic mass is 79.9. The Balaban J connectivity index is 1.36. The van der Waals surface area contributed by atoms with E-state index in [1.165, 1.54) is 51.2 Å². The Bertz CT molecular complexity index is 1030. The lowest BCUT2D eigenvalue weighted by atomic mass is 10.1. The Labute approximate surface area is 210 Å². The number of unbranched alkanes of at least 4 members (excludes halogenated alkanes) is 7. The maximum atomic E-state index is 12.3. The average molecular weight is 525 g/mol. The number of furan rings is 1. The van der Waals surface area contributed by atoms with Crippen LogP contribution in [0.15, 0.2) is 74.7 Å². The van der Waals surface area contributed by atoms with Crippen LogP contribution in [0.2, 0.25) is 0 Å². The Kier molecular flexibility index (Phi) is 10.9. The summed E-state index contributed by atoms with van der Waals surface area (Å²) < 4.78 is 12.6. The number of halogens is 1. The molecule has 0 aliphatic heterocycles. The molecule has 0 aliphatic rings. The molecule has 34 heavy (non-hydrogen) atoms. The number of benzene rings is 2. The molecule has 0 unspecified atom stereocenters. The largest absolute Gasteiger partial charge is 0.494 e. The third-order valence-electron chi connectivity index (χ3n) is 5.50. The van der Waals surface area contributed by atoms with Crippen LogP contribution in [0.5, 0.6) is 5.75 Å². The highest BCUT2D eigenvalue weighted by Gasteiger charge is 2.06. The van der Waals surface area contributed by atoms with Crippen molar-refractivity contribution >= 4 is 28.1 Å². The summed E-state index contributed by atoms with van der Waals surface area (Å²) in [7, 11) is 0. The molecule has 0 aliphatic carbocycles. The van der Waals surface area contributed by atoms with Crippen molar-refractivity contribution in [2.75, 3.05) is 6.61 Å². The molecule has 6 heteroatoms. The first-order valence-corrected chi connectivity index (χ1v) is 12.9. The van der Waals surface area contributed by atoms with Crippen molar-refractivity contribution in [3.63, 3.8) is 0 Å². The second kappa shape index (κ2) is 14.4. The van der Waals surface area contributed by atoms with Gasteiger partial charge in [0.15, 0.2) is 0 Å². The van der Waals surface area contributed by atoms with Gasteiger partial charge in [-0.3, -0.25) is 4.79 Å². The monoisotopic (exact) mass is 524 g/mol. The molecule has 1 N–H and O–H groups in total. The molecule has 0 saturated carbocycles. The molecule has 0 saturated heterocycles. The summed E-state index contributed by atoms with van der Waals surface area (Å²) in [5.74, 6) is 1.79.